The van der Waals surface area contributed by atoms with Gasteiger partial charge in [-0.1, -0.05) is 55.0 Å². The second kappa shape index (κ2) is 7.76. The van der Waals surface area contributed by atoms with Crippen molar-refractivity contribution >= 4 is 42.5 Å². The van der Waals surface area contributed by atoms with Crippen LogP contribution in [0.4, 0.5) is 0 Å². The SMILES string of the molecule is CCc1c2c(ccc3ccccc32)s[n+]1C.Cc1ccc(S(=O)(=O)[O-])cc1. The van der Waals surface area contributed by atoms with Crippen molar-refractivity contribution in [3.63, 3.8) is 0 Å². The van der Waals surface area contributed by atoms with Gasteiger partial charge in [-0.2, -0.15) is 0 Å². The van der Waals surface area contributed by atoms with Gasteiger partial charge in [-0.05, 0) is 35.9 Å². The van der Waals surface area contributed by atoms with Crippen LogP contribution in [0, 0.1) is 6.92 Å². The summed E-state index contributed by atoms with van der Waals surface area (Å²) >= 11 is 1.83. The minimum Gasteiger partial charge on any atom is -0.744 e. The summed E-state index contributed by atoms with van der Waals surface area (Å²) in [5.74, 6) is 0. The molecule has 0 aliphatic carbocycles. The molecular weight excluding hydrogens is 378 g/mol. The lowest BCUT2D eigenvalue weighted by atomic mass is 10.0. The van der Waals surface area contributed by atoms with E-state index in [1.54, 1.807) is 12.1 Å². The molecule has 0 atom stereocenters. The lowest BCUT2D eigenvalue weighted by Gasteiger charge is -2.05. The molecular formula is C21H21NO3S2. The highest BCUT2D eigenvalue weighted by atomic mass is 32.2. The fourth-order valence-corrected chi connectivity index (χ4v) is 4.63. The van der Waals surface area contributed by atoms with Gasteiger partial charge in [0.2, 0.25) is 5.69 Å². The zero-order valence-electron chi connectivity index (χ0n) is 15.5. The van der Waals surface area contributed by atoms with Crippen LogP contribution in [-0.4, -0.2) is 13.0 Å². The molecule has 27 heavy (non-hydrogen) atoms. The zero-order valence-corrected chi connectivity index (χ0v) is 17.1. The highest BCUT2D eigenvalue weighted by molar-refractivity contribution is 7.85. The Hall–Kier alpha value is -2.28. The summed E-state index contributed by atoms with van der Waals surface area (Å²) in [6.45, 7) is 4.05. The van der Waals surface area contributed by atoms with Gasteiger partial charge in [-0.25, -0.2) is 8.42 Å². The molecule has 0 N–H and O–H groups in total. The first-order chi connectivity index (χ1) is 12.8. The van der Waals surface area contributed by atoms with Crippen LogP contribution in [0.5, 0.6) is 0 Å². The monoisotopic (exact) mass is 399 g/mol. The zero-order chi connectivity index (χ0) is 19.6. The van der Waals surface area contributed by atoms with Crippen LogP contribution in [0.25, 0.3) is 20.9 Å². The number of aromatic nitrogens is 1. The number of fused-ring (bicyclic) bond motifs is 3. The molecule has 4 rings (SSSR count). The molecule has 0 saturated heterocycles. The quantitative estimate of drug-likeness (QED) is 0.372. The van der Waals surface area contributed by atoms with Crippen LogP contribution in [0.1, 0.15) is 18.2 Å². The van der Waals surface area contributed by atoms with E-state index in [0.29, 0.717) is 0 Å². The minimum atomic E-state index is -4.27. The summed E-state index contributed by atoms with van der Waals surface area (Å²) in [6, 6.07) is 18.9. The summed E-state index contributed by atoms with van der Waals surface area (Å²) in [5.41, 5.74) is 2.37. The van der Waals surface area contributed by atoms with E-state index >= 15 is 0 Å². The van der Waals surface area contributed by atoms with Gasteiger partial charge in [0.25, 0.3) is 0 Å². The van der Waals surface area contributed by atoms with Gasteiger partial charge >= 0.3 is 0 Å². The molecule has 0 spiro atoms. The highest BCUT2D eigenvalue weighted by Crippen LogP contribution is 2.29. The van der Waals surface area contributed by atoms with Gasteiger partial charge in [-0.15, -0.1) is 3.96 Å². The fraction of sp³-hybridized carbons (Fsp3) is 0.190. The summed E-state index contributed by atoms with van der Waals surface area (Å²) in [5, 5.41) is 4.16. The highest BCUT2D eigenvalue weighted by Gasteiger charge is 2.17. The first kappa shape index (κ1) is 19.5. The largest absolute Gasteiger partial charge is 0.744 e. The van der Waals surface area contributed by atoms with Crippen molar-refractivity contribution in [1.29, 1.82) is 0 Å². The van der Waals surface area contributed by atoms with Crippen molar-refractivity contribution in [2.45, 2.75) is 25.2 Å². The predicted octanol–water partition coefficient (Wildman–Crippen LogP) is 4.34. The maximum atomic E-state index is 10.4. The number of aryl methyl sites for hydroxylation is 3. The molecule has 0 unspecified atom stereocenters. The Morgan fingerprint density at radius 1 is 1.00 bits per heavy atom. The van der Waals surface area contributed by atoms with E-state index in [9.17, 15) is 13.0 Å². The Morgan fingerprint density at radius 2 is 1.67 bits per heavy atom. The van der Waals surface area contributed by atoms with Crippen molar-refractivity contribution < 1.29 is 16.9 Å². The molecule has 1 heterocycles. The average Bonchev–Trinajstić information content (AvgIpc) is 2.97. The van der Waals surface area contributed by atoms with Crippen molar-refractivity contribution in [3.05, 3.63) is 71.9 Å². The van der Waals surface area contributed by atoms with Gasteiger partial charge in [0, 0.05) is 6.42 Å². The molecule has 4 nitrogen and oxygen atoms in total. The van der Waals surface area contributed by atoms with Crippen molar-refractivity contribution in [3.8, 4) is 0 Å². The lowest BCUT2D eigenvalue weighted by Crippen LogP contribution is -2.26. The summed E-state index contributed by atoms with van der Waals surface area (Å²) < 4.78 is 34.8. The van der Waals surface area contributed by atoms with Crippen LogP contribution in [0.15, 0.2) is 65.6 Å². The molecule has 0 fully saturated rings. The second-order valence-corrected chi connectivity index (χ2v) is 8.87. The number of rotatable bonds is 2. The number of hydrogen-bond acceptors (Lipinski definition) is 4. The standard InChI is InChI=1S/C14H14NS.C7H8O3S/c1-3-12-14-11-7-5-4-6-10(11)8-9-13(14)16-15(12)2;1-6-2-4-7(5-3-6)11(8,9)10/h4-9H,3H2,1-2H3;2-5H,1H3,(H,8,9,10)/q+1;/p-1. The Bertz CT molecular complexity index is 1190. The molecule has 0 saturated carbocycles. The van der Waals surface area contributed by atoms with Gasteiger partial charge in [0.05, 0.1) is 10.3 Å². The van der Waals surface area contributed by atoms with Crippen LogP contribution >= 0.6 is 11.5 Å². The van der Waals surface area contributed by atoms with Crippen molar-refractivity contribution in [2.75, 3.05) is 0 Å². The molecule has 1 aromatic heterocycles. The Balaban J connectivity index is 0.000000168. The van der Waals surface area contributed by atoms with Gasteiger partial charge < -0.3 is 4.55 Å². The average molecular weight is 400 g/mol. The van der Waals surface area contributed by atoms with Gasteiger partial charge in [0.1, 0.15) is 26.4 Å². The molecule has 0 aliphatic rings. The lowest BCUT2D eigenvalue weighted by molar-refractivity contribution is -0.607. The molecule has 140 valence electrons. The van der Waals surface area contributed by atoms with E-state index < -0.39 is 10.1 Å². The summed E-state index contributed by atoms with van der Waals surface area (Å²) in [7, 11) is -2.12. The van der Waals surface area contributed by atoms with Gasteiger partial charge in [0.15, 0.2) is 7.05 Å². The Labute approximate surface area is 163 Å². The molecule has 4 aromatic rings. The number of hydrogen-bond donors (Lipinski definition) is 0. The fourth-order valence-electron chi connectivity index (χ4n) is 3.09. The van der Waals surface area contributed by atoms with Crippen LogP contribution in [0.2, 0.25) is 0 Å². The van der Waals surface area contributed by atoms with Crippen LogP contribution < -0.4 is 3.96 Å². The van der Waals surface area contributed by atoms with Crippen molar-refractivity contribution in [2.24, 2.45) is 7.05 Å². The molecule has 0 radical (unpaired) electrons. The third-order valence-electron chi connectivity index (χ3n) is 4.44. The molecule has 0 amide bonds. The smallest absolute Gasteiger partial charge is 0.204 e. The number of nitrogens with zero attached hydrogens (tertiary/aromatic N) is 1. The first-order valence-electron chi connectivity index (χ1n) is 8.63. The minimum absolute atomic E-state index is 0.178. The van der Waals surface area contributed by atoms with E-state index in [2.05, 4.69) is 54.3 Å². The summed E-state index contributed by atoms with van der Waals surface area (Å²) in [6.07, 6.45) is 1.09. The molecule has 3 aromatic carbocycles. The number of benzene rings is 3. The van der Waals surface area contributed by atoms with E-state index in [1.807, 2.05) is 18.5 Å². The normalized spacial score (nSPS) is 11.4. The third kappa shape index (κ3) is 4.18. The topological polar surface area (TPSA) is 61.1 Å². The molecule has 6 heteroatoms. The van der Waals surface area contributed by atoms with E-state index in [-0.39, 0.29) is 4.90 Å². The Kier molecular flexibility index (Phi) is 5.60. The maximum Gasteiger partial charge on any atom is 0.204 e. The predicted molar refractivity (Wildman–Crippen MR) is 109 cm³/mol. The van der Waals surface area contributed by atoms with Gasteiger partial charge in [-0.3, -0.25) is 0 Å². The summed E-state index contributed by atoms with van der Waals surface area (Å²) in [4.78, 5) is -0.178. The van der Waals surface area contributed by atoms with E-state index in [4.69, 9.17) is 0 Å². The third-order valence-corrected chi connectivity index (χ3v) is 6.32. The Morgan fingerprint density at radius 3 is 2.30 bits per heavy atom. The first-order valence-corrected chi connectivity index (χ1v) is 10.8. The molecule has 0 bridgehead atoms. The van der Waals surface area contributed by atoms with Crippen LogP contribution in [0.3, 0.4) is 0 Å². The molecule has 0 aliphatic heterocycles. The van der Waals surface area contributed by atoms with E-state index in [1.165, 1.54) is 38.7 Å². The maximum absolute atomic E-state index is 10.4. The second-order valence-electron chi connectivity index (χ2n) is 6.32. The van der Waals surface area contributed by atoms with Crippen LogP contribution in [-0.2, 0) is 23.6 Å². The van der Waals surface area contributed by atoms with E-state index in [0.717, 1.165) is 12.0 Å². The van der Waals surface area contributed by atoms with Crippen molar-refractivity contribution in [1.82, 2.24) is 0 Å².